The van der Waals surface area contributed by atoms with Gasteiger partial charge in [0, 0.05) is 37.5 Å². The Morgan fingerprint density at radius 3 is 2.76 bits per heavy atom. The van der Waals surface area contributed by atoms with Crippen LogP contribution in [0.4, 0.5) is 0 Å². The monoisotopic (exact) mass is 477 g/mol. The molecule has 0 N–H and O–H groups in total. The second kappa shape index (κ2) is 10.3. The number of nitrogens with zero attached hydrogens (tertiary/aromatic N) is 5. The highest BCUT2D eigenvalue weighted by Gasteiger charge is 2.31. The van der Waals surface area contributed by atoms with Crippen molar-refractivity contribution in [2.24, 2.45) is 0 Å². The smallest absolute Gasteiger partial charge is 0.233 e. The van der Waals surface area contributed by atoms with Crippen LogP contribution < -0.4 is 9.47 Å². The van der Waals surface area contributed by atoms with Crippen molar-refractivity contribution in [2.45, 2.75) is 37.0 Å². The largest absolute Gasteiger partial charge is 0.490 e. The van der Waals surface area contributed by atoms with Crippen LogP contribution in [0.2, 0.25) is 0 Å². The lowest BCUT2D eigenvalue weighted by Gasteiger charge is -2.25. The van der Waals surface area contributed by atoms with Crippen LogP contribution >= 0.6 is 11.8 Å². The van der Waals surface area contributed by atoms with E-state index in [9.17, 15) is 4.79 Å². The molecule has 2 aliphatic heterocycles. The average Bonchev–Trinajstić information content (AvgIpc) is 3.45. The van der Waals surface area contributed by atoms with Gasteiger partial charge in [0.1, 0.15) is 0 Å². The van der Waals surface area contributed by atoms with E-state index >= 15 is 0 Å². The van der Waals surface area contributed by atoms with E-state index in [2.05, 4.69) is 27.8 Å². The number of likely N-dealkylation sites (tertiary alicyclic amines) is 1. The summed E-state index contributed by atoms with van der Waals surface area (Å²) >= 11 is 1.41. The van der Waals surface area contributed by atoms with Crippen LogP contribution in [0.25, 0.3) is 11.4 Å². The molecule has 0 radical (unpaired) electrons. The zero-order valence-corrected chi connectivity index (χ0v) is 19.7. The summed E-state index contributed by atoms with van der Waals surface area (Å²) in [5, 5.41) is 9.41. The fourth-order valence-electron chi connectivity index (χ4n) is 4.41. The molecule has 0 saturated carbocycles. The van der Waals surface area contributed by atoms with Crippen molar-refractivity contribution in [1.82, 2.24) is 24.6 Å². The highest BCUT2D eigenvalue weighted by Crippen LogP contribution is 2.38. The predicted molar refractivity (Wildman–Crippen MR) is 130 cm³/mol. The molecule has 9 heteroatoms. The van der Waals surface area contributed by atoms with E-state index in [4.69, 9.17) is 9.47 Å². The maximum absolute atomic E-state index is 13.3. The number of aromatic nitrogens is 4. The lowest BCUT2D eigenvalue weighted by atomic mass is 10.0. The Morgan fingerprint density at radius 1 is 1.12 bits per heavy atom. The van der Waals surface area contributed by atoms with E-state index in [1.807, 2.05) is 33.7 Å². The SMILES string of the molecule is C=CCn1c(SCC(=O)N2CCC[C@@H]2c2ccc3c(c2)OCCCO3)nnc1-c1ccncc1. The second-order valence-corrected chi connectivity index (χ2v) is 9.17. The molecule has 4 heterocycles. The number of thioether (sulfide) groups is 1. The molecule has 0 spiro atoms. The number of carbonyl (C=O) groups is 1. The number of hydrogen-bond acceptors (Lipinski definition) is 7. The summed E-state index contributed by atoms with van der Waals surface area (Å²) in [6, 6.07) is 9.89. The zero-order chi connectivity index (χ0) is 23.3. The highest BCUT2D eigenvalue weighted by molar-refractivity contribution is 7.99. The first-order valence-corrected chi connectivity index (χ1v) is 12.5. The average molecular weight is 478 g/mol. The molecule has 2 aromatic heterocycles. The van der Waals surface area contributed by atoms with Gasteiger partial charge in [-0.15, -0.1) is 16.8 Å². The number of pyridine rings is 1. The molecule has 34 heavy (non-hydrogen) atoms. The third-order valence-electron chi connectivity index (χ3n) is 6.02. The molecular formula is C25H27N5O3S. The number of fused-ring (bicyclic) bond motifs is 1. The topological polar surface area (TPSA) is 82.4 Å². The van der Waals surface area contributed by atoms with Gasteiger partial charge in [-0.1, -0.05) is 23.9 Å². The molecule has 8 nitrogen and oxygen atoms in total. The second-order valence-electron chi connectivity index (χ2n) is 8.23. The Morgan fingerprint density at radius 2 is 1.94 bits per heavy atom. The van der Waals surface area contributed by atoms with Gasteiger partial charge in [-0.25, -0.2) is 0 Å². The molecule has 1 aromatic carbocycles. The molecule has 5 rings (SSSR count). The number of allylic oxidation sites excluding steroid dienone is 1. The fraction of sp³-hybridized carbons (Fsp3) is 0.360. The van der Waals surface area contributed by atoms with Gasteiger partial charge < -0.3 is 14.4 Å². The van der Waals surface area contributed by atoms with Gasteiger partial charge in [-0.3, -0.25) is 14.3 Å². The van der Waals surface area contributed by atoms with Crippen LogP contribution in [0, 0.1) is 0 Å². The maximum Gasteiger partial charge on any atom is 0.233 e. The first kappa shape index (κ1) is 22.5. The summed E-state index contributed by atoms with van der Waals surface area (Å²) in [6.45, 7) is 6.48. The molecule has 1 saturated heterocycles. The van der Waals surface area contributed by atoms with Crippen molar-refractivity contribution < 1.29 is 14.3 Å². The quantitative estimate of drug-likeness (QED) is 0.374. The normalized spacial score (nSPS) is 17.4. The van der Waals surface area contributed by atoms with Crippen LogP contribution in [0.15, 0.2) is 60.5 Å². The van der Waals surface area contributed by atoms with Crippen molar-refractivity contribution in [3.05, 3.63) is 60.9 Å². The van der Waals surface area contributed by atoms with E-state index < -0.39 is 0 Å². The number of amides is 1. The van der Waals surface area contributed by atoms with Gasteiger partial charge in [-0.2, -0.15) is 0 Å². The minimum atomic E-state index is 0.0451. The van der Waals surface area contributed by atoms with Crippen LogP contribution in [0.5, 0.6) is 11.5 Å². The first-order valence-electron chi connectivity index (χ1n) is 11.5. The lowest BCUT2D eigenvalue weighted by molar-refractivity contribution is -0.129. The molecule has 1 amide bonds. The highest BCUT2D eigenvalue weighted by atomic mass is 32.2. The molecular weight excluding hydrogens is 450 g/mol. The van der Waals surface area contributed by atoms with Crippen LogP contribution in [-0.2, 0) is 11.3 Å². The van der Waals surface area contributed by atoms with Crippen LogP contribution in [0.3, 0.4) is 0 Å². The zero-order valence-electron chi connectivity index (χ0n) is 18.9. The summed E-state index contributed by atoms with van der Waals surface area (Å²) in [5.74, 6) is 2.68. The fourth-order valence-corrected chi connectivity index (χ4v) is 5.25. The van der Waals surface area contributed by atoms with Crippen LogP contribution in [0.1, 0.15) is 30.9 Å². The van der Waals surface area contributed by atoms with Crippen LogP contribution in [-0.4, -0.2) is 56.1 Å². The summed E-state index contributed by atoms with van der Waals surface area (Å²) in [5.41, 5.74) is 2.02. The molecule has 3 aromatic rings. The van der Waals surface area contributed by atoms with Crippen molar-refractivity contribution >= 4 is 17.7 Å². The number of ether oxygens (including phenoxy) is 2. The van der Waals surface area contributed by atoms with Crippen molar-refractivity contribution in [3.8, 4) is 22.9 Å². The van der Waals surface area contributed by atoms with Gasteiger partial charge in [0.2, 0.25) is 5.91 Å². The minimum Gasteiger partial charge on any atom is -0.490 e. The lowest BCUT2D eigenvalue weighted by Crippen LogP contribution is -2.32. The molecule has 0 bridgehead atoms. The van der Waals surface area contributed by atoms with Crippen molar-refractivity contribution in [3.63, 3.8) is 0 Å². The van der Waals surface area contributed by atoms with Gasteiger partial charge in [0.25, 0.3) is 0 Å². The number of hydrogen-bond donors (Lipinski definition) is 0. The molecule has 1 fully saturated rings. The van der Waals surface area contributed by atoms with E-state index in [-0.39, 0.29) is 11.9 Å². The van der Waals surface area contributed by atoms with Gasteiger partial charge in [-0.05, 0) is 42.7 Å². The Balaban J connectivity index is 1.30. The number of carbonyl (C=O) groups excluding carboxylic acids is 1. The molecule has 176 valence electrons. The first-order chi connectivity index (χ1) is 16.7. The van der Waals surface area contributed by atoms with E-state index in [1.165, 1.54) is 11.8 Å². The van der Waals surface area contributed by atoms with Gasteiger partial charge in [0.15, 0.2) is 22.5 Å². The summed E-state index contributed by atoms with van der Waals surface area (Å²) in [6.07, 6.45) is 8.05. The van der Waals surface area contributed by atoms with E-state index in [0.717, 1.165) is 54.3 Å². The van der Waals surface area contributed by atoms with Crippen molar-refractivity contribution in [1.29, 1.82) is 0 Å². The third-order valence-corrected chi connectivity index (χ3v) is 6.97. The molecule has 1 atom stereocenters. The Bertz CT molecular complexity index is 1170. The summed E-state index contributed by atoms with van der Waals surface area (Å²) in [4.78, 5) is 19.3. The van der Waals surface area contributed by atoms with E-state index in [0.29, 0.717) is 30.7 Å². The minimum absolute atomic E-state index is 0.0451. The van der Waals surface area contributed by atoms with E-state index in [1.54, 1.807) is 18.5 Å². The molecule has 2 aliphatic rings. The van der Waals surface area contributed by atoms with Gasteiger partial charge >= 0.3 is 0 Å². The molecule has 0 aliphatic carbocycles. The molecule has 0 unspecified atom stereocenters. The standard InChI is InChI=1S/C25H27N5O3S/c1-2-12-30-24(18-8-10-26-11-9-18)27-28-25(30)34-17-23(31)29-13-3-5-20(29)19-6-7-21-22(16-19)33-15-4-14-32-21/h2,6-11,16,20H,1,3-5,12-15,17H2/t20-/m1/s1. The number of rotatable bonds is 7. The Hall–Kier alpha value is -3.33. The summed E-state index contributed by atoms with van der Waals surface area (Å²) in [7, 11) is 0. The number of benzene rings is 1. The third kappa shape index (κ3) is 4.65. The van der Waals surface area contributed by atoms with Crippen molar-refractivity contribution in [2.75, 3.05) is 25.5 Å². The predicted octanol–water partition coefficient (Wildman–Crippen LogP) is 4.14. The maximum atomic E-state index is 13.3. The van der Waals surface area contributed by atoms with Gasteiger partial charge in [0.05, 0.1) is 25.0 Å². The Kier molecular flexibility index (Phi) is 6.80. The summed E-state index contributed by atoms with van der Waals surface area (Å²) < 4.78 is 13.6. The Labute approximate surface area is 203 Å².